The second kappa shape index (κ2) is 10.3. The average Bonchev–Trinajstić information content (AvgIpc) is 3.52. The molecule has 0 spiro atoms. The molecule has 2 aromatic heterocycles. The molecule has 12 heteroatoms. The summed E-state index contributed by atoms with van der Waals surface area (Å²) in [5, 5.41) is 3.82. The first-order valence-electron chi connectivity index (χ1n) is 12.7. The Bertz CT molecular complexity index is 1420. The van der Waals surface area contributed by atoms with Crippen molar-refractivity contribution < 1.29 is 17.9 Å². The third kappa shape index (κ3) is 5.28. The van der Waals surface area contributed by atoms with Crippen molar-refractivity contribution in [2.75, 3.05) is 42.8 Å². The second-order valence-corrected chi connectivity index (χ2v) is 12.2. The number of sulfonamides is 1. The normalized spacial score (nSPS) is 22.1. The van der Waals surface area contributed by atoms with Gasteiger partial charge in [-0.05, 0) is 36.8 Å². The molecule has 200 valence electrons. The number of rotatable bonds is 7. The zero-order valence-electron chi connectivity index (χ0n) is 21.0. The zero-order chi connectivity index (χ0) is 26.3. The highest BCUT2D eigenvalue weighted by Crippen LogP contribution is 2.39. The van der Waals surface area contributed by atoms with Gasteiger partial charge in [0.05, 0.1) is 35.9 Å². The van der Waals surface area contributed by atoms with Crippen molar-refractivity contribution in [3.8, 4) is 17.1 Å². The molecule has 0 saturated carbocycles. The lowest BCUT2D eigenvalue weighted by atomic mass is 10.1. The summed E-state index contributed by atoms with van der Waals surface area (Å²) in [7, 11) is -3.19. The van der Waals surface area contributed by atoms with Crippen LogP contribution in [0.1, 0.15) is 19.3 Å². The molecule has 3 aliphatic heterocycles. The van der Waals surface area contributed by atoms with Crippen molar-refractivity contribution in [1.82, 2.24) is 19.3 Å². The topological polar surface area (TPSA) is 110 Å². The van der Waals surface area contributed by atoms with E-state index in [0.29, 0.717) is 29.9 Å². The van der Waals surface area contributed by atoms with Crippen LogP contribution in [-0.4, -0.2) is 78.4 Å². The van der Waals surface area contributed by atoms with E-state index in [1.54, 1.807) is 16.7 Å². The van der Waals surface area contributed by atoms with E-state index in [4.69, 9.17) is 21.1 Å². The van der Waals surface area contributed by atoms with Gasteiger partial charge >= 0.3 is 0 Å². The summed E-state index contributed by atoms with van der Waals surface area (Å²) in [5.74, 6) is 1.04. The van der Waals surface area contributed by atoms with E-state index in [1.165, 1.54) is 6.26 Å². The molecule has 5 heterocycles. The van der Waals surface area contributed by atoms with Crippen LogP contribution in [-0.2, 0) is 14.8 Å². The van der Waals surface area contributed by atoms with Gasteiger partial charge in [0, 0.05) is 67.7 Å². The van der Waals surface area contributed by atoms with Crippen molar-refractivity contribution in [2.24, 2.45) is 0 Å². The Morgan fingerprint density at radius 3 is 2.61 bits per heavy atom. The van der Waals surface area contributed by atoms with Gasteiger partial charge in [-0.1, -0.05) is 11.6 Å². The van der Waals surface area contributed by atoms with Crippen molar-refractivity contribution >= 4 is 38.9 Å². The minimum Gasteiger partial charge on any atom is -0.474 e. The number of pyridine rings is 1. The van der Waals surface area contributed by atoms with Gasteiger partial charge in [0.1, 0.15) is 6.10 Å². The number of ether oxygens (including phenoxy) is 2. The Morgan fingerprint density at radius 1 is 1.08 bits per heavy atom. The first-order chi connectivity index (χ1) is 18.3. The molecule has 3 saturated heterocycles. The third-order valence-corrected chi connectivity index (χ3v) is 8.87. The SMILES string of the molecule is CS(=O)(=O)N1C[C@@H]2C[C@H]1CN2c1ccc(Nc2nccc(-c3ccc(OC4CCOCC4)nc3)n2)cc1Cl. The maximum atomic E-state index is 12.0. The predicted octanol–water partition coefficient (Wildman–Crippen LogP) is 3.72. The number of hydrogen-bond donors (Lipinski definition) is 1. The number of fused-ring (bicyclic) bond motifs is 2. The molecule has 0 aliphatic carbocycles. The van der Waals surface area contributed by atoms with E-state index < -0.39 is 10.0 Å². The zero-order valence-corrected chi connectivity index (χ0v) is 22.5. The first-order valence-corrected chi connectivity index (χ1v) is 14.9. The monoisotopic (exact) mass is 556 g/mol. The largest absolute Gasteiger partial charge is 0.474 e. The van der Waals surface area contributed by atoms with E-state index in [1.807, 2.05) is 36.4 Å². The standard InChI is InChI=1S/C26H29ClN6O4S/c1-38(34,35)33-16-19-13-20(33)15-32(19)24-4-3-18(12-22(24)27)30-26-28-9-6-23(31-26)17-2-5-25(29-14-17)37-21-7-10-36-11-8-21/h2-6,9,12,14,19-21H,7-8,10-11,13,15-16H2,1H3,(H,28,30,31)/t19-,20-/m0/s1. The molecule has 1 N–H and O–H groups in total. The number of nitrogens with one attached hydrogen (secondary N) is 1. The van der Waals surface area contributed by atoms with Gasteiger partial charge in [0.25, 0.3) is 0 Å². The summed E-state index contributed by atoms with van der Waals surface area (Å²) in [4.78, 5) is 15.7. The minimum absolute atomic E-state index is 0.00279. The highest BCUT2D eigenvalue weighted by molar-refractivity contribution is 7.88. The summed E-state index contributed by atoms with van der Waals surface area (Å²) >= 11 is 6.67. The van der Waals surface area contributed by atoms with Gasteiger partial charge in [-0.2, -0.15) is 4.31 Å². The molecule has 6 rings (SSSR count). The molecular weight excluding hydrogens is 528 g/mol. The predicted molar refractivity (Wildman–Crippen MR) is 146 cm³/mol. The van der Waals surface area contributed by atoms with Crippen molar-refractivity contribution in [1.29, 1.82) is 0 Å². The van der Waals surface area contributed by atoms with Gasteiger partial charge in [-0.3, -0.25) is 0 Å². The lowest BCUT2D eigenvalue weighted by molar-refractivity contribution is 0.0237. The number of aromatic nitrogens is 3. The van der Waals surface area contributed by atoms with Gasteiger partial charge in [0.15, 0.2) is 0 Å². The van der Waals surface area contributed by atoms with E-state index >= 15 is 0 Å². The van der Waals surface area contributed by atoms with Gasteiger partial charge in [-0.15, -0.1) is 0 Å². The van der Waals surface area contributed by atoms with E-state index in [2.05, 4.69) is 25.2 Å². The molecule has 2 bridgehead atoms. The highest BCUT2D eigenvalue weighted by Gasteiger charge is 2.47. The average molecular weight is 557 g/mol. The molecule has 0 unspecified atom stereocenters. The Morgan fingerprint density at radius 2 is 1.92 bits per heavy atom. The maximum Gasteiger partial charge on any atom is 0.227 e. The minimum atomic E-state index is -3.19. The quantitative estimate of drug-likeness (QED) is 0.465. The van der Waals surface area contributed by atoms with Crippen molar-refractivity contribution in [3.05, 3.63) is 53.8 Å². The fourth-order valence-corrected chi connectivity index (χ4v) is 6.85. The summed E-state index contributed by atoms with van der Waals surface area (Å²) in [6, 6.07) is 11.5. The number of hydrogen-bond acceptors (Lipinski definition) is 9. The molecule has 3 aromatic rings. The Kier molecular flexibility index (Phi) is 6.85. The molecule has 10 nitrogen and oxygen atoms in total. The van der Waals surface area contributed by atoms with Crippen molar-refractivity contribution in [3.63, 3.8) is 0 Å². The molecule has 1 aromatic carbocycles. The van der Waals surface area contributed by atoms with Crippen molar-refractivity contribution in [2.45, 2.75) is 37.5 Å². The Labute approximate surface area is 227 Å². The summed E-state index contributed by atoms with van der Waals surface area (Å²) in [5.41, 5.74) is 3.26. The second-order valence-electron chi connectivity index (χ2n) is 9.90. The van der Waals surface area contributed by atoms with Crippen LogP contribution < -0.4 is 15.0 Å². The summed E-state index contributed by atoms with van der Waals surface area (Å²) in [6.07, 6.45) is 7.42. The molecule has 3 aliphatic rings. The van der Waals surface area contributed by atoms with Crippen LogP contribution in [0.4, 0.5) is 17.3 Å². The van der Waals surface area contributed by atoms with E-state index in [9.17, 15) is 8.42 Å². The van der Waals surface area contributed by atoms with Gasteiger partial charge in [-0.25, -0.2) is 23.4 Å². The summed E-state index contributed by atoms with van der Waals surface area (Å²) < 4.78 is 36.9. The fraction of sp³-hybridized carbons (Fsp3) is 0.423. The number of nitrogens with zero attached hydrogens (tertiary/aromatic N) is 5. The van der Waals surface area contributed by atoms with Crippen LogP contribution in [0.25, 0.3) is 11.3 Å². The van der Waals surface area contributed by atoms with Crippen LogP contribution in [0.15, 0.2) is 48.8 Å². The fourth-order valence-electron chi connectivity index (χ4n) is 5.42. The number of anilines is 3. The molecule has 38 heavy (non-hydrogen) atoms. The number of benzene rings is 1. The maximum absolute atomic E-state index is 12.0. The van der Waals surface area contributed by atoms with E-state index in [-0.39, 0.29) is 18.2 Å². The van der Waals surface area contributed by atoms with Crippen LogP contribution in [0.2, 0.25) is 5.02 Å². The molecule has 3 fully saturated rings. The van der Waals surface area contributed by atoms with Gasteiger partial charge in [0.2, 0.25) is 21.9 Å². The van der Waals surface area contributed by atoms with Crippen LogP contribution in [0, 0.1) is 0 Å². The molecule has 0 radical (unpaired) electrons. The molecular formula is C26H29ClN6O4S. The smallest absolute Gasteiger partial charge is 0.227 e. The number of piperazine rings is 1. The van der Waals surface area contributed by atoms with Gasteiger partial charge < -0.3 is 19.7 Å². The van der Waals surface area contributed by atoms with Crippen LogP contribution in [0.3, 0.4) is 0 Å². The number of halogens is 1. The molecule has 0 amide bonds. The highest BCUT2D eigenvalue weighted by atomic mass is 35.5. The third-order valence-electron chi connectivity index (χ3n) is 7.27. The lowest BCUT2D eigenvalue weighted by Crippen LogP contribution is -2.48. The Balaban J connectivity index is 1.12. The Hall–Kier alpha value is -2.99. The lowest BCUT2D eigenvalue weighted by Gasteiger charge is -2.34. The summed E-state index contributed by atoms with van der Waals surface area (Å²) in [6.45, 7) is 2.58. The van der Waals surface area contributed by atoms with E-state index in [0.717, 1.165) is 55.1 Å². The first kappa shape index (κ1) is 25.3. The van der Waals surface area contributed by atoms with Crippen LogP contribution in [0.5, 0.6) is 5.88 Å². The molecule has 2 atom stereocenters. The van der Waals surface area contributed by atoms with Crippen LogP contribution >= 0.6 is 11.6 Å².